The Bertz CT molecular complexity index is 195. The lowest BCUT2D eigenvalue weighted by Crippen LogP contribution is -2.31. The third-order valence-electron chi connectivity index (χ3n) is 2.78. The quantitative estimate of drug-likeness (QED) is 0.790. The predicted octanol–water partition coefficient (Wildman–Crippen LogP) is 2.81. The first-order valence-corrected chi connectivity index (χ1v) is 7.78. The first kappa shape index (κ1) is 13.4. The van der Waals surface area contributed by atoms with E-state index in [1.807, 2.05) is 11.8 Å². The zero-order valence-corrected chi connectivity index (χ0v) is 11.7. The third-order valence-corrected chi connectivity index (χ3v) is 4.80. The maximum Gasteiger partial charge on any atom is 0.220 e. The van der Waals surface area contributed by atoms with Crippen LogP contribution in [0.15, 0.2) is 0 Å². The highest BCUT2D eigenvalue weighted by Crippen LogP contribution is 2.25. The minimum atomic E-state index is 0.227. The lowest BCUT2D eigenvalue weighted by molar-refractivity contribution is -0.122. The van der Waals surface area contributed by atoms with Gasteiger partial charge in [0.25, 0.3) is 0 Å². The number of hydrogen-bond acceptors (Lipinski definition) is 2. The molecule has 0 spiro atoms. The van der Waals surface area contributed by atoms with Gasteiger partial charge in [-0.3, -0.25) is 4.79 Å². The molecule has 0 aromatic rings. The van der Waals surface area contributed by atoms with Gasteiger partial charge in [0.1, 0.15) is 0 Å². The molecule has 1 aliphatic heterocycles. The van der Waals surface area contributed by atoms with Crippen molar-refractivity contribution in [2.45, 2.75) is 37.4 Å². The van der Waals surface area contributed by atoms with E-state index in [1.54, 1.807) is 0 Å². The van der Waals surface area contributed by atoms with E-state index >= 15 is 0 Å². The van der Waals surface area contributed by atoms with Crippen molar-refractivity contribution >= 4 is 33.6 Å². The molecule has 1 amide bonds. The van der Waals surface area contributed by atoms with E-state index in [0.29, 0.717) is 10.7 Å². The van der Waals surface area contributed by atoms with Crippen molar-refractivity contribution in [2.24, 2.45) is 5.92 Å². The van der Waals surface area contributed by atoms with Crippen LogP contribution in [0.2, 0.25) is 0 Å². The normalized spacial score (nSPS) is 19.9. The summed E-state index contributed by atoms with van der Waals surface area (Å²) in [5.41, 5.74) is 0. The van der Waals surface area contributed by atoms with Crippen molar-refractivity contribution in [1.29, 1.82) is 0 Å². The number of thioether (sulfide) groups is 1. The largest absolute Gasteiger partial charge is 0.355 e. The Morgan fingerprint density at radius 1 is 1.53 bits per heavy atom. The van der Waals surface area contributed by atoms with Gasteiger partial charge in [0.15, 0.2) is 0 Å². The van der Waals surface area contributed by atoms with Crippen LogP contribution in [-0.4, -0.2) is 28.8 Å². The maximum absolute atomic E-state index is 11.6. The number of rotatable bonds is 5. The number of carbonyl (C=O) groups excluding carboxylic acids is 1. The van der Waals surface area contributed by atoms with E-state index in [4.69, 9.17) is 0 Å². The standard InChI is InChI=1S/C11H20BrNOS/c1-2-10(12)8-13-11(14)7-9-3-5-15-6-4-9/h9-10H,2-8H2,1H3,(H,13,14). The van der Waals surface area contributed by atoms with Gasteiger partial charge >= 0.3 is 0 Å². The summed E-state index contributed by atoms with van der Waals surface area (Å²) in [4.78, 5) is 12.0. The molecule has 0 aliphatic carbocycles. The molecule has 1 N–H and O–H groups in total. The molecule has 0 aromatic carbocycles. The Kier molecular flexibility index (Phi) is 6.73. The van der Waals surface area contributed by atoms with Gasteiger partial charge in [-0.05, 0) is 36.7 Å². The van der Waals surface area contributed by atoms with E-state index in [0.717, 1.165) is 19.4 Å². The van der Waals surface area contributed by atoms with Crippen LogP contribution in [0.4, 0.5) is 0 Å². The van der Waals surface area contributed by atoms with Crippen LogP contribution in [0.5, 0.6) is 0 Å². The van der Waals surface area contributed by atoms with Crippen molar-refractivity contribution < 1.29 is 4.79 Å². The molecule has 88 valence electrons. The molecule has 15 heavy (non-hydrogen) atoms. The zero-order valence-electron chi connectivity index (χ0n) is 9.30. The summed E-state index contributed by atoms with van der Waals surface area (Å²) in [6, 6.07) is 0. The summed E-state index contributed by atoms with van der Waals surface area (Å²) in [6.07, 6.45) is 4.21. The number of hydrogen-bond donors (Lipinski definition) is 1. The van der Waals surface area contributed by atoms with Crippen LogP contribution in [0, 0.1) is 5.92 Å². The van der Waals surface area contributed by atoms with Gasteiger partial charge in [-0.25, -0.2) is 0 Å². The predicted molar refractivity (Wildman–Crippen MR) is 70.7 cm³/mol. The highest BCUT2D eigenvalue weighted by molar-refractivity contribution is 9.09. The summed E-state index contributed by atoms with van der Waals surface area (Å²) in [5, 5.41) is 2.99. The van der Waals surface area contributed by atoms with Crippen LogP contribution in [0.25, 0.3) is 0 Å². The third kappa shape index (κ3) is 5.81. The van der Waals surface area contributed by atoms with E-state index in [2.05, 4.69) is 28.2 Å². The van der Waals surface area contributed by atoms with E-state index in [9.17, 15) is 4.79 Å². The second-order valence-corrected chi connectivity index (χ2v) is 6.59. The smallest absolute Gasteiger partial charge is 0.220 e. The highest BCUT2D eigenvalue weighted by atomic mass is 79.9. The minimum Gasteiger partial charge on any atom is -0.355 e. The topological polar surface area (TPSA) is 29.1 Å². The van der Waals surface area contributed by atoms with Gasteiger partial charge in [-0.2, -0.15) is 11.8 Å². The molecule has 1 atom stereocenters. The molecule has 1 aliphatic rings. The molecular weight excluding hydrogens is 274 g/mol. The second kappa shape index (κ2) is 7.55. The highest BCUT2D eigenvalue weighted by Gasteiger charge is 2.17. The molecule has 0 bridgehead atoms. The van der Waals surface area contributed by atoms with Crippen LogP contribution in [0.3, 0.4) is 0 Å². The van der Waals surface area contributed by atoms with Gasteiger partial charge in [0, 0.05) is 17.8 Å². The van der Waals surface area contributed by atoms with Crippen LogP contribution >= 0.6 is 27.7 Å². The fourth-order valence-electron chi connectivity index (χ4n) is 1.65. The SMILES string of the molecule is CCC(Br)CNC(=O)CC1CCSCC1. The second-order valence-electron chi connectivity index (χ2n) is 4.07. The van der Waals surface area contributed by atoms with Gasteiger partial charge in [-0.1, -0.05) is 22.9 Å². The number of amides is 1. The van der Waals surface area contributed by atoms with Gasteiger partial charge in [-0.15, -0.1) is 0 Å². The Hall–Kier alpha value is 0.300. The average Bonchev–Trinajstić information content (AvgIpc) is 2.27. The minimum absolute atomic E-state index is 0.227. The van der Waals surface area contributed by atoms with Gasteiger partial charge in [0.05, 0.1) is 0 Å². The molecule has 1 rings (SSSR count). The number of alkyl halides is 1. The Balaban J connectivity index is 2.11. The first-order chi connectivity index (χ1) is 7.22. The molecule has 4 heteroatoms. The van der Waals surface area contributed by atoms with Crippen molar-refractivity contribution in [3.05, 3.63) is 0 Å². The van der Waals surface area contributed by atoms with Gasteiger partial charge < -0.3 is 5.32 Å². The number of nitrogens with one attached hydrogen (secondary N) is 1. The lowest BCUT2D eigenvalue weighted by atomic mass is 9.98. The summed E-state index contributed by atoms with van der Waals surface area (Å²) in [7, 11) is 0. The van der Waals surface area contributed by atoms with E-state index in [-0.39, 0.29) is 5.91 Å². The fraction of sp³-hybridized carbons (Fsp3) is 0.909. The Morgan fingerprint density at radius 3 is 2.80 bits per heavy atom. The molecule has 1 heterocycles. The summed E-state index contributed by atoms with van der Waals surface area (Å²) < 4.78 is 0. The molecule has 0 saturated carbocycles. The van der Waals surface area contributed by atoms with Crippen molar-refractivity contribution in [1.82, 2.24) is 5.32 Å². The van der Waals surface area contributed by atoms with E-state index < -0.39 is 0 Å². The molecule has 1 unspecified atom stereocenters. The van der Waals surface area contributed by atoms with Gasteiger partial charge in [0.2, 0.25) is 5.91 Å². The van der Waals surface area contributed by atoms with Crippen LogP contribution in [-0.2, 0) is 4.79 Å². The monoisotopic (exact) mass is 293 g/mol. The van der Waals surface area contributed by atoms with Crippen molar-refractivity contribution in [2.75, 3.05) is 18.1 Å². The maximum atomic E-state index is 11.6. The van der Waals surface area contributed by atoms with Crippen LogP contribution < -0.4 is 5.32 Å². The summed E-state index contributed by atoms with van der Waals surface area (Å²) in [6.45, 7) is 2.88. The average molecular weight is 294 g/mol. The molecule has 2 nitrogen and oxygen atoms in total. The Morgan fingerprint density at radius 2 is 2.20 bits per heavy atom. The van der Waals surface area contributed by atoms with E-state index in [1.165, 1.54) is 24.3 Å². The molecule has 0 aromatic heterocycles. The first-order valence-electron chi connectivity index (χ1n) is 5.71. The summed E-state index contributed by atoms with van der Waals surface area (Å²) >= 11 is 5.52. The van der Waals surface area contributed by atoms with Crippen molar-refractivity contribution in [3.8, 4) is 0 Å². The molecular formula is C11H20BrNOS. The molecule has 0 radical (unpaired) electrons. The van der Waals surface area contributed by atoms with Crippen LogP contribution in [0.1, 0.15) is 32.6 Å². The Labute approximate surface area is 105 Å². The lowest BCUT2D eigenvalue weighted by Gasteiger charge is -2.20. The van der Waals surface area contributed by atoms with Crippen molar-refractivity contribution in [3.63, 3.8) is 0 Å². The summed E-state index contributed by atoms with van der Waals surface area (Å²) in [5.74, 6) is 3.31. The molecule has 1 saturated heterocycles. The zero-order chi connectivity index (χ0) is 11.1. The molecule has 1 fully saturated rings. The fourth-order valence-corrected chi connectivity index (χ4v) is 3.02. The number of carbonyl (C=O) groups is 1. The number of halogens is 1.